The minimum absolute atomic E-state index is 0.0138. The highest BCUT2D eigenvalue weighted by atomic mass is 32.2. The van der Waals surface area contributed by atoms with E-state index in [4.69, 9.17) is 14.2 Å². The first-order valence-electron chi connectivity index (χ1n) is 11.9. The lowest BCUT2D eigenvalue weighted by molar-refractivity contribution is -0.126. The molecule has 1 fully saturated rings. The number of methoxy groups -OCH3 is 3. The van der Waals surface area contributed by atoms with Crippen molar-refractivity contribution in [2.45, 2.75) is 24.8 Å². The van der Waals surface area contributed by atoms with E-state index in [1.807, 2.05) is 19.1 Å². The fraction of sp³-hybridized carbons (Fsp3) is 0.423. The number of benzene rings is 2. The second-order valence-corrected chi connectivity index (χ2v) is 10.6. The Morgan fingerprint density at radius 1 is 0.861 bits per heavy atom. The number of piperazine rings is 1. The van der Waals surface area contributed by atoms with Gasteiger partial charge in [-0.1, -0.05) is 6.08 Å². The standard InChI is InChI=1S/C26H33N3O6S/c1-5-6-26(30)28-13-11-27(12-14-28)22-17-21(7-8-23(22)33-2)36(31,32)29-10-9-19-15-24(34-3)25(35-4)16-20(19)18-29/h5-8,15-17H,9-14,18H2,1-4H3. The van der Waals surface area contributed by atoms with Crippen molar-refractivity contribution in [1.29, 1.82) is 0 Å². The van der Waals surface area contributed by atoms with Crippen molar-refractivity contribution in [3.8, 4) is 17.2 Å². The van der Waals surface area contributed by atoms with E-state index >= 15 is 0 Å². The molecule has 0 atom stereocenters. The smallest absolute Gasteiger partial charge is 0.246 e. The van der Waals surface area contributed by atoms with Gasteiger partial charge in [0, 0.05) is 39.3 Å². The second kappa shape index (κ2) is 10.8. The number of ether oxygens (including phenoxy) is 3. The SMILES string of the molecule is CC=CC(=O)N1CCN(c2cc(S(=O)(=O)N3CCc4cc(OC)c(OC)cc4C3)ccc2OC)CC1. The van der Waals surface area contributed by atoms with Crippen LogP contribution in [0.1, 0.15) is 18.1 Å². The van der Waals surface area contributed by atoms with Crippen LogP contribution in [-0.2, 0) is 27.8 Å². The van der Waals surface area contributed by atoms with Gasteiger partial charge in [-0.05, 0) is 60.9 Å². The number of carbonyl (C=O) groups excluding carboxylic acids is 1. The van der Waals surface area contributed by atoms with Crippen molar-refractivity contribution in [2.24, 2.45) is 0 Å². The first-order valence-corrected chi connectivity index (χ1v) is 13.3. The molecule has 2 aromatic carbocycles. The number of amides is 1. The van der Waals surface area contributed by atoms with E-state index in [-0.39, 0.29) is 17.3 Å². The Kier molecular flexibility index (Phi) is 7.75. The van der Waals surface area contributed by atoms with Crippen molar-refractivity contribution < 1.29 is 27.4 Å². The van der Waals surface area contributed by atoms with Gasteiger partial charge in [-0.15, -0.1) is 0 Å². The monoisotopic (exact) mass is 515 g/mol. The van der Waals surface area contributed by atoms with Crippen LogP contribution in [0.25, 0.3) is 0 Å². The molecule has 2 heterocycles. The Bertz CT molecular complexity index is 1250. The van der Waals surface area contributed by atoms with Crippen LogP contribution < -0.4 is 19.1 Å². The molecule has 0 radical (unpaired) electrons. The average Bonchev–Trinajstić information content (AvgIpc) is 2.91. The first kappa shape index (κ1) is 25.8. The molecule has 2 aromatic rings. The van der Waals surface area contributed by atoms with Crippen LogP contribution in [-0.4, -0.2) is 77.6 Å². The van der Waals surface area contributed by atoms with Crippen molar-refractivity contribution in [3.05, 3.63) is 53.6 Å². The third kappa shape index (κ3) is 5.01. The van der Waals surface area contributed by atoms with Gasteiger partial charge < -0.3 is 24.0 Å². The highest BCUT2D eigenvalue weighted by molar-refractivity contribution is 7.89. The van der Waals surface area contributed by atoms with Gasteiger partial charge in [0.15, 0.2) is 11.5 Å². The van der Waals surface area contributed by atoms with Gasteiger partial charge in [0.1, 0.15) is 5.75 Å². The first-order chi connectivity index (χ1) is 17.3. The Labute approximate surface area is 212 Å². The van der Waals surface area contributed by atoms with Gasteiger partial charge in [0.05, 0.1) is 31.9 Å². The van der Waals surface area contributed by atoms with E-state index in [9.17, 15) is 13.2 Å². The molecule has 4 rings (SSSR count). The van der Waals surface area contributed by atoms with Crippen LogP contribution in [0, 0.1) is 0 Å². The molecule has 0 aliphatic carbocycles. The van der Waals surface area contributed by atoms with Gasteiger partial charge in [-0.2, -0.15) is 4.31 Å². The Morgan fingerprint density at radius 3 is 2.11 bits per heavy atom. The van der Waals surface area contributed by atoms with Crippen molar-refractivity contribution in [2.75, 3.05) is 59.0 Å². The number of anilines is 1. The maximum atomic E-state index is 13.7. The zero-order valence-electron chi connectivity index (χ0n) is 21.2. The number of fused-ring (bicyclic) bond motifs is 1. The van der Waals surface area contributed by atoms with Crippen LogP contribution in [0.3, 0.4) is 0 Å². The van der Waals surface area contributed by atoms with Crippen molar-refractivity contribution >= 4 is 21.6 Å². The Morgan fingerprint density at radius 2 is 1.50 bits per heavy atom. The average molecular weight is 516 g/mol. The predicted molar refractivity (Wildman–Crippen MR) is 137 cm³/mol. The summed E-state index contributed by atoms with van der Waals surface area (Å²) in [5.41, 5.74) is 2.67. The largest absolute Gasteiger partial charge is 0.495 e. The molecular formula is C26H33N3O6S. The quantitative estimate of drug-likeness (QED) is 0.524. The molecular weight excluding hydrogens is 482 g/mol. The molecule has 0 aromatic heterocycles. The molecule has 0 spiro atoms. The summed E-state index contributed by atoms with van der Waals surface area (Å²) in [5.74, 6) is 1.80. The molecule has 194 valence electrons. The molecule has 36 heavy (non-hydrogen) atoms. The van der Waals surface area contributed by atoms with E-state index in [1.54, 1.807) is 56.6 Å². The molecule has 1 amide bonds. The number of sulfonamides is 1. The lowest BCUT2D eigenvalue weighted by Gasteiger charge is -2.36. The highest BCUT2D eigenvalue weighted by Crippen LogP contribution is 2.36. The summed E-state index contributed by atoms with van der Waals surface area (Å²) in [7, 11) is 0.974. The molecule has 1 saturated heterocycles. The number of nitrogens with zero attached hydrogens (tertiary/aromatic N) is 3. The van der Waals surface area contributed by atoms with Gasteiger partial charge in [-0.3, -0.25) is 4.79 Å². The van der Waals surface area contributed by atoms with Crippen LogP contribution in [0.4, 0.5) is 5.69 Å². The van der Waals surface area contributed by atoms with E-state index in [2.05, 4.69) is 4.90 Å². The van der Waals surface area contributed by atoms with Crippen LogP contribution in [0.5, 0.6) is 17.2 Å². The maximum Gasteiger partial charge on any atom is 0.246 e. The van der Waals surface area contributed by atoms with Crippen LogP contribution in [0.2, 0.25) is 0 Å². The molecule has 0 N–H and O–H groups in total. The van der Waals surface area contributed by atoms with Crippen LogP contribution >= 0.6 is 0 Å². The molecule has 10 heteroatoms. The minimum Gasteiger partial charge on any atom is -0.495 e. The second-order valence-electron chi connectivity index (χ2n) is 8.71. The number of hydrogen-bond donors (Lipinski definition) is 0. The molecule has 2 aliphatic heterocycles. The Hall–Kier alpha value is -3.24. The minimum atomic E-state index is -3.75. The number of rotatable bonds is 7. The number of allylic oxidation sites excluding steroid dienone is 1. The molecule has 9 nitrogen and oxygen atoms in total. The predicted octanol–water partition coefficient (Wildman–Crippen LogP) is 2.68. The fourth-order valence-corrected chi connectivity index (χ4v) is 6.14. The van der Waals surface area contributed by atoms with Gasteiger partial charge in [0.2, 0.25) is 15.9 Å². The van der Waals surface area contributed by atoms with E-state index in [0.29, 0.717) is 62.1 Å². The summed E-state index contributed by atoms with van der Waals surface area (Å²) in [5, 5.41) is 0. The highest BCUT2D eigenvalue weighted by Gasteiger charge is 2.31. The summed E-state index contributed by atoms with van der Waals surface area (Å²) in [4.78, 5) is 16.3. The number of hydrogen-bond acceptors (Lipinski definition) is 7. The topological polar surface area (TPSA) is 88.6 Å². The normalized spacial score (nSPS) is 16.7. The van der Waals surface area contributed by atoms with Crippen LogP contribution in [0.15, 0.2) is 47.4 Å². The zero-order valence-corrected chi connectivity index (χ0v) is 22.0. The van der Waals surface area contributed by atoms with Gasteiger partial charge >= 0.3 is 0 Å². The third-order valence-corrected chi connectivity index (χ3v) is 8.55. The number of carbonyl (C=O) groups is 1. The summed E-state index contributed by atoms with van der Waals surface area (Å²) in [6, 6.07) is 8.74. The summed E-state index contributed by atoms with van der Waals surface area (Å²) < 4.78 is 45.2. The Balaban J connectivity index is 1.57. The lowest BCUT2D eigenvalue weighted by Crippen LogP contribution is -2.48. The van der Waals surface area contributed by atoms with Gasteiger partial charge in [0.25, 0.3) is 0 Å². The maximum absolute atomic E-state index is 13.7. The lowest BCUT2D eigenvalue weighted by atomic mass is 10.0. The van der Waals surface area contributed by atoms with E-state index < -0.39 is 10.0 Å². The molecule has 0 bridgehead atoms. The van der Waals surface area contributed by atoms with Crippen molar-refractivity contribution in [3.63, 3.8) is 0 Å². The van der Waals surface area contributed by atoms with E-state index in [0.717, 1.165) is 11.1 Å². The molecule has 2 aliphatic rings. The summed E-state index contributed by atoms with van der Waals surface area (Å²) in [6.45, 7) is 4.72. The summed E-state index contributed by atoms with van der Waals surface area (Å²) >= 11 is 0. The summed E-state index contributed by atoms with van der Waals surface area (Å²) in [6.07, 6.45) is 3.88. The third-order valence-electron chi connectivity index (χ3n) is 6.71. The fourth-order valence-electron chi connectivity index (χ4n) is 4.70. The zero-order chi connectivity index (χ0) is 25.9. The van der Waals surface area contributed by atoms with Gasteiger partial charge in [-0.25, -0.2) is 8.42 Å². The molecule has 0 unspecified atom stereocenters. The molecule has 0 saturated carbocycles. The van der Waals surface area contributed by atoms with E-state index in [1.165, 1.54) is 4.31 Å². The van der Waals surface area contributed by atoms with Crippen molar-refractivity contribution in [1.82, 2.24) is 9.21 Å².